The molecule has 0 fully saturated rings. The Kier molecular flexibility index (Phi) is 17.0. The fourth-order valence-corrected chi connectivity index (χ4v) is 5.54. The zero-order valence-electron chi connectivity index (χ0n) is 28.4. The molecule has 0 saturated heterocycles. The highest BCUT2D eigenvalue weighted by Gasteiger charge is 2.33. The summed E-state index contributed by atoms with van der Waals surface area (Å²) in [5, 5.41) is 3.24. The van der Waals surface area contributed by atoms with Gasteiger partial charge in [-0.15, -0.1) is 0 Å². The molecule has 0 heterocycles. The summed E-state index contributed by atoms with van der Waals surface area (Å²) in [5.41, 5.74) is 1.19. The van der Waals surface area contributed by atoms with Crippen molar-refractivity contribution in [2.75, 3.05) is 38.7 Å². The smallest absolute Gasteiger partial charge is 0.417 e. The molecule has 1 N–H and O–H groups in total. The van der Waals surface area contributed by atoms with E-state index in [0.717, 1.165) is 30.9 Å². The first-order valence-corrected chi connectivity index (χ1v) is 16.8. The normalized spacial score (nSPS) is 11.5. The molecular formula is C35H45ClF5N2O3P. The Morgan fingerprint density at radius 2 is 1.60 bits per heavy atom. The lowest BCUT2D eigenvalue weighted by Gasteiger charge is -2.19. The van der Waals surface area contributed by atoms with E-state index in [2.05, 4.69) is 12.2 Å². The van der Waals surface area contributed by atoms with Crippen LogP contribution in [0.2, 0.25) is 5.02 Å². The standard InChI is InChI=1S/C25H33F2N2O3P.C8H6ClF3.C2H6/c1-7-12-33-22-14-18(17(3)30)13-21(32-11-10-29(5)6)23(22)24(31)28-19-9-8-16(2)20(15-19)25(4,26)27;1-5-2-3-7(9)6(4-5)8(10,11)12;1-2/h8-9,13-15,33H,7,10-12H2,1-6H3,(H,28,31);2-4H,1H3;1-2H3. The Hall–Kier alpha value is -3.07. The summed E-state index contributed by atoms with van der Waals surface area (Å²) in [7, 11) is 4.13. The topological polar surface area (TPSA) is 58.6 Å². The average molecular weight is 703 g/mol. The number of aryl methyl sites for hydroxylation is 2. The van der Waals surface area contributed by atoms with E-state index in [-0.39, 0.29) is 22.1 Å². The van der Waals surface area contributed by atoms with E-state index < -0.39 is 23.6 Å². The number of hydrogen-bond acceptors (Lipinski definition) is 4. The lowest BCUT2D eigenvalue weighted by molar-refractivity contribution is -0.137. The van der Waals surface area contributed by atoms with Gasteiger partial charge in [0.15, 0.2) is 5.78 Å². The van der Waals surface area contributed by atoms with Crippen molar-refractivity contribution < 1.29 is 36.3 Å². The van der Waals surface area contributed by atoms with E-state index in [1.807, 2.05) is 32.8 Å². The number of Topliss-reactive ketones (excluding diaryl/α,β-unsaturated/α-hetero) is 1. The largest absolute Gasteiger partial charge is 0.491 e. The summed E-state index contributed by atoms with van der Waals surface area (Å²) in [6.07, 6.45) is -2.58. The number of halogens is 6. The molecule has 1 atom stereocenters. The third-order valence-corrected chi connectivity index (χ3v) is 8.35. The third-order valence-electron chi connectivity index (χ3n) is 6.49. The van der Waals surface area contributed by atoms with E-state index in [1.54, 1.807) is 38.1 Å². The molecule has 0 spiro atoms. The molecule has 3 aromatic rings. The molecule has 47 heavy (non-hydrogen) atoms. The number of ketones is 1. The number of likely N-dealkylation sites (N-methyl/N-ethyl adjacent to an activating group) is 1. The fourth-order valence-electron chi connectivity index (χ4n) is 4.13. The molecule has 0 aliphatic heterocycles. The van der Waals surface area contributed by atoms with Crippen molar-refractivity contribution >= 4 is 42.9 Å². The Bertz CT molecular complexity index is 1490. The second-order valence-electron chi connectivity index (χ2n) is 10.9. The Labute approximate surface area is 282 Å². The van der Waals surface area contributed by atoms with Crippen molar-refractivity contribution in [3.8, 4) is 5.75 Å². The number of rotatable bonds is 11. The van der Waals surface area contributed by atoms with Gasteiger partial charge in [-0.3, -0.25) is 9.59 Å². The average Bonchev–Trinajstić information content (AvgIpc) is 2.98. The van der Waals surface area contributed by atoms with Gasteiger partial charge in [0, 0.05) is 30.3 Å². The van der Waals surface area contributed by atoms with Crippen molar-refractivity contribution in [3.05, 3.63) is 86.9 Å². The first kappa shape index (κ1) is 42.0. The van der Waals surface area contributed by atoms with Gasteiger partial charge in [-0.2, -0.15) is 13.2 Å². The van der Waals surface area contributed by atoms with Gasteiger partial charge in [-0.1, -0.05) is 65.1 Å². The number of nitrogens with zero attached hydrogens (tertiary/aromatic N) is 1. The van der Waals surface area contributed by atoms with Gasteiger partial charge in [0.1, 0.15) is 12.4 Å². The highest BCUT2D eigenvalue weighted by atomic mass is 35.5. The number of ether oxygens (including phenoxy) is 1. The summed E-state index contributed by atoms with van der Waals surface area (Å²) in [6.45, 7) is 12.5. The van der Waals surface area contributed by atoms with Gasteiger partial charge < -0.3 is 15.0 Å². The van der Waals surface area contributed by atoms with Gasteiger partial charge >= 0.3 is 6.18 Å². The van der Waals surface area contributed by atoms with Crippen LogP contribution in [0, 0.1) is 13.8 Å². The minimum absolute atomic E-state index is 0.115. The van der Waals surface area contributed by atoms with Crippen molar-refractivity contribution in [1.29, 1.82) is 0 Å². The van der Waals surface area contributed by atoms with Gasteiger partial charge in [-0.25, -0.2) is 8.78 Å². The lowest BCUT2D eigenvalue weighted by atomic mass is 10.0. The van der Waals surface area contributed by atoms with Gasteiger partial charge in [0.25, 0.3) is 11.8 Å². The van der Waals surface area contributed by atoms with Crippen LogP contribution in [0.25, 0.3) is 0 Å². The summed E-state index contributed by atoms with van der Waals surface area (Å²) in [4.78, 5) is 27.4. The molecule has 5 nitrogen and oxygen atoms in total. The number of hydrogen-bond donors (Lipinski definition) is 1. The highest BCUT2D eigenvalue weighted by Crippen LogP contribution is 2.35. The molecule has 1 unspecified atom stereocenters. The molecule has 0 bridgehead atoms. The Balaban J connectivity index is 0.000000657. The van der Waals surface area contributed by atoms with Crippen LogP contribution in [0.1, 0.15) is 84.0 Å². The quantitative estimate of drug-likeness (QED) is 0.123. The number of anilines is 1. The number of benzene rings is 3. The molecule has 0 aliphatic carbocycles. The SMILES string of the molecule is CC.CCCPc1cc(C(C)=O)cc(OCCN(C)C)c1C(=O)Nc1ccc(C)c(C(C)(F)F)c1.Cc1ccc(Cl)c(C(F)(F)F)c1. The van der Waals surface area contributed by atoms with Crippen LogP contribution in [-0.4, -0.2) is 50.0 Å². The Morgan fingerprint density at radius 1 is 0.957 bits per heavy atom. The predicted octanol–water partition coefficient (Wildman–Crippen LogP) is 9.91. The number of alkyl halides is 5. The second-order valence-corrected chi connectivity index (χ2v) is 12.7. The molecule has 0 aromatic heterocycles. The fraction of sp³-hybridized carbons (Fsp3) is 0.429. The predicted molar refractivity (Wildman–Crippen MR) is 185 cm³/mol. The Morgan fingerprint density at radius 3 is 2.11 bits per heavy atom. The minimum Gasteiger partial charge on any atom is -0.491 e. The number of nitrogens with one attached hydrogen (secondary N) is 1. The van der Waals surface area contributed by atoms with Crippen molar-refractivity contribution in [1.82, 2.24) is 4.90 Å². The summed E-state index contributed by atoms with van der Waals surface area (Å²) >= 11 is 5.36. The molecule has 0 radical (unpaired) electrons. The van der Waals surface area contributed by atoms with E-state index in [0.29, 0.717) is 49.7 Å². The van der Waals surface area contributed by atoms with Crippen molar-refractivity contribution in [3.63, 3.8) is 0 Å². The van der Waals surface area contributed by atoms with Gasteiger partial charge in [0.2, 0.25) is 0 Å². The maximum Gasteiger partial charge on any atom is 0.417 e. The molecule has 0 aliphatic rings. The summed E-state index contributed by atoms with van der Waals surface area (Å²) < 4.78 is 70.3. The zero-order chi connectivity index (χ0) is 36.1. The molecular weight excluding hydrogens is 658 g/mol. The number of carbonyl (C=O) groups is 2. The maximum absolute atomic E-state index is 14.0. The molecule has 3 aromatic carbocycles. The van der Waals surface area contributed by atoms with Crippen LogP contribution in [0.15, 0.2) is 48.5 Å². The third kappa shape index (κ3) is 13.5. The summed E-state index contributed by atoms with van der Waals surface area (Å²) in [6, 6.07) is 11.6. The van der Waals surface area contributed by atoms with E-state index >= 15 is 0 Å². The van der Waals surface area contributed by atoms with E-state index in [9.17, 15) is 31.5 Å². The zero-order valence-corrected chi connectivity index (χ0v) is 30.1. The van der Waals surface area contributed by atoms with E-state index in [1.165, 1.54) is 25.1 Å². The first-order chi connectivity index (χ1) is 21.8. The number of carbonyl (C=O) groups excluding carboxylic acids is 2. The van der Waals surface area contributed by atoms with Gasteiger partial charge in [0.05, 0.1) is 16.1 Å². The monoisotopic (exact) mass is 702 g/mol. The summed E-state index contributed by atoms with van der Waals surface area (Å²) in [5.74, 6) is -3.26. The van der Waals surface area contributed by atoms with Crippen LogP contribution in [0.5, 0.6) is 5.75 Å². The van der Waals surface area contributed by atoms with E-state index in [4.69, 9.17) is 16.3 Å². The van der Waals surface area contributed by atoms with Crippen LogP contribution in [0.3, 0.4) is 0 Å². The minimum atomic E-state index is -4.36. The molecule has 260 valence electrons. The number of amides is 1. The molecule has 12 heteroatoms. The maximum atomic E-state index is 14.0. The molecule has 1 amide bonds. The van der Waals surface area contributed by atoms with Gasteiger partial charge in [-0.05, 0) is 88.3 Å². The first-order valence-electron chi connectivity index (χ1n) is 15.2. The lowest BCUT2D eigenvalue weighted by Crippen LogP contribution is -2.25. The molecule has 0 saturated carbocycles. The van der Waals surface area contributed by atoms with Crippen LogP contribution < -0.4 is 15.4 Å². The highest BCUT2D eigenvalue weighted by molar-refractivity contribution is 7.47. The van der Waals surface area contributed by atoms with Crippen LogP contribution in [-0.2, 0) is 12.1 Å². The van der Waals surface area contributed by atoms with Crippen LogP contribution >= 0.6 is 20.2 Å². The second kappa shape index (κ2) is 19.1. The molecule has 3 rings (SSSR count). The van der Waals surface area contributed by atoms with Crippen molar-refractivity contribution in [2.45, 2.75) is 67.0 Å². The van der Waals surface area contributed by atoms with Crippen molar-refractivity contribution in [2.24, 2.45) is 0 Å². The van der Waals surface area contributed by atoms with Crippen LogP contribution in [0.4, 0.5) is 27.6 Å².